The molecule has 0 aliphatic heterocycles. The number of aromatic hydroxyl groups is 2. The van der Waals surface area contributed by atoms with E-state index in [4.69, 9.17) is 5.73 Å². The van der Waals surface area contributed by atoms with Gasteiger partial charge in [0, 0.05) is 12.2 Å². The summed E-state index contributed by atoms with van der Waals surface area (Å²) < 4.78 is 0. The first-order valence-electron chi connectivity index (χ1n) is 6.17. The Morgan fingerprint density at radius 2 is 1.85 bits per heavy atom. The number of benzene rings is 2. The van der Waals surface area contributed by atoms with Gasteiger partial charge in [-0.2, -0.15) is 0 Å². The SMILES string of the molecule is NC(=O)Cc1ccccc1NCc1ccc(O)c(O)c1. The minimum Gasteiger partial charge on any atom is -0.504 e. The Kier molecular flexibility index (Phi) is 4.10. The van der Waals surface area contributed by atoms with E-state index in [1.807, 2.05) is 24.3 Å². The maximum absolute atomic E-state index is 11.0. The molecule has 0 bridgehead atoms. The van der Waals surface area contributed by atoms with Crippen LogP contribution in [0.15, 0.2) is 42.5 Å². The van der Waals surface area contributed by atoms with Gasteiger partial charge < -0.3 is 21.3 Å². The van der Waals surface area contributed by atoms with E-state index in [0.717, 1.165) is 16.8 Å². The van der Waals surface area contributed by atoms with Gasteiger partial charge in [0.1, 0.15) is 0 Å². The highest BCUT2D eigenvalue weighted by molar-refractivity contribution is 5.78. The highest BCUT2D eigenvalue weighted by Crippen LogP contribution is 2.25. The summed E-state index contributed by atoms with van der Waals surface area (Å²) >= 11 is 0. The number of phenols is 2. The second kappa shape index (κ2) is 5.97. The topological polar surface area (TPSA) is 95.6 Å². The molecule has 20 heavy (non-hydrogen) atoms. The number of hydrogen-bond acceptors (Lipinski definition) is 4. The number of carbonyl (C=O) groups excluding carboxylic acids is 1. The van der Waals surface area contributed by atoms with Crippen molar-refractivity contribution in [3.63, 3.8) is 0 Å². The second-order valence-electron chi connectivity index (χ2n) is 4.48. The first-order chi connectivity index (χ1) is 9.56. The van der Waals surface area contributed by atoms with Gasteiger partial charge in [-0.1, -0.05) is 24.3 Å². The first-order valence-corrected chi connectivity index (χ1v) is 6.17. The zero-order valence-electron chi connectivity index (χ0n) is 10.8. The maximum atomic E-state index is 11.0. The standard InChI is InChI=1S/C15H16N2O3/c16-15(20)8-11-3-1-2-4-12(11)17-9-10-5-6-13(18)14(19)7-10/h1-7,17-19H,8-9H2,(H2,16,20). The van der Waals surface area contributed by atoms with Crippen molar-refractivity contribution in [2.75, 3.05) is 5.32 Å². The Labute approximate surface area is 116 Å². The smallest absolute Gasteiger partial charge is 0.221 e. The minimum absolute atomic E-state index is 0.150. The van der Waals surface area contributed by atoms with Crippen LogP contribution in [0.2, 0.25) is 0 Å². The van der Waals surface area contributed by atoms with Crippen molar-refractivity contribution >= 4 is 11.6 Å². The molecule has 1 amide bonds. The molecule has 2 aromatic rings. The number of amides is 1. The van der Waals surface area contributed by atoms with Crippen molar-refractivity contribution in [1.29, 1.82) is 0 Å². The molecule has 0 spiro atoms. The minimum atomic E-state index is -0.387. The summed E-state index contributed by atoms with van der Waals surface area (Å²) in [4.78, 5) is 11.0. The monoisotopic (exact) mass is 272 g/mol. The van der Waals surface area contributed by atoms with Crippen LogP contribution in [0.25, 0.3) is 0 Å². The van der Waals surface area contributed by atoms with Crippen molar-refractivity contribution in [3.8, 4) is 11.5 Å². The number of hydrogen-bond donors (Lipinski definition) is 4. The van der Waals surface area contributed by atoms with Gasteiger partial charge in [-0.05, 0) is 29.3 Å². The van der Waals surface area contributed by atoms with Gasteiger partial charge in [0.05, 0.1) is 6.42 Å². The van der Waals surface area contributed by atoms with Gasteiger partial charge in [-0.15, -0.1) is 0 Å². The lowest BCUT2D eigenvalue weighted by atomic mass is 10.1. The lowest BCUT2D eigenvalue weighted by Crippen LogP contribution is -2.15. The van der Waals surface area contributed by atoms with Crippen LogP contribution >= 0.6 is 0 Å². The molecule has 0 atom stereocenters. The molecular formula is C15H16N2O3. The molecule has 104 valence electrons. The fourth-order valence-corrected chi connectivity index (χ4v) is 1.91. The van der Waals surface area contributed by atoms with Crippen LogP contribution < -0.4 is 11.1 Å². The van der Waals surface area contributed by atoms with Gasteiger partial charge in [-0.25, -0.2) is 0 Å². The average Bonchev–Trinajstić information content (AvgIpc) is 2.41. The number of carbonyl (C=O) groups is 1. The van der Waals surface area contributed by atoms with E-state index in [2.05, 4.69) is 5.32 Å². The van der Waals surface area contributed by atoms with E-state index < -0.39 is 0 Å². The molecule has 5 nitrogen and oxygen atoms in total. The highest BCUT2D eigenvalue weighted by atomic mass is 16.3. The zero-order chi connectivity index (χ0) is 14.5. The Hall–Kier alpha value is -2.69. The predicted octanol–water partition coefficient (Wildman–Crippen LogP) is 1.74. The van der Waals surface area contributed by atoms with Crippen LogP contribution in [0.5, 0.6) is 11.5 Å². The molecule has 0 saturated heterocycles. The molecular weight excluding hydrogens is 256 g/mol. The molecule has 0 saturated carbocycles. The Morgan fingerprint density at radius 1 is 1.10 bits per heavy atom. The third kappa shape index (κ3) is 3.41. The molecule has 0 aliphatic rings. The largest absolute Gasteiger partial charge is 0.504 e. The van der Waals surface area contributed by atoms with Gasteiger partial charge in [0.2, 0.25) is 5.91 Å². The van der Waals surface area contributed by atoms with Crippen LogP contribution in [0.3, 0.4) is 0 Å². The van der Waals surface area contributed by atoms with E-state index >= 15 is 0 Å². The van der Waals surface area contributed by atoms with Crippen molar-refractivity contribution < 1.29 is 15.0 Å². The summed E-state index contributed by atoms with van der Waals surface area (Å²) in [5.41, 5.74) is 7.66. The van der Waals surface area contributed by atoms with E-state index in [0.29, 0.717) is 6.54 Å². The highest BCUT2D eigenvalue weighted by Gasteiger charge is 2.05. The lowest BCUT2D eigenvalue weighted by Gasteiger charge is -2.11. The summed E-state index contributed by atoms with van der Waals surface area (Å²) in [5.74, 6) is -0.695. The number of rotatable bonds is 5. The molecule has 0 aromatic heterocycles. The maximum Gasteiger partial charge on any atom is 0.221 e. The van der Waals surface area contributed by atoms with Crippen molar-refractivity contribution in [2.24, 2.45) is 5.73 Å². The van der Waals surface area contributed by atoms with Crippen molar-refractivity contribution in [3.05, 3.63) is 53.6 Å². The average molecular weight is 272 g/mol. The van der Waals surface area contributed by atoms with Gasteiger partial charge in [0.25, 0.3) is 0 Å². The molecule has 0 fully saturated rings. The third-order valence-corrected chi connectivity index (χ3v) is 2.90. The molecule has 5 N–H and O–H groups in total. The summed E-state index contributed by atoms with van der Waals surface area (Å²) in [6.07, 6.45) is 0.171. The molecule has 0 unspecified atom stereocenters. The molecule has 5 heteroatoms. The summed E-state index contributed by atoms with van der Waals surface area (Å²) in [6, 6.07) is 12.0. The van der Waals surface area contributed by atoms with E-state index in [1.165, 1.54) is 12.1 Å². The normalized spacial score (nSPS) is 10.2. The van der Waals surface area contributed by atoms with Crippen molar-refractivity contribution in [1.82, 2.24) is 0 Å². The van der Waals surface area contributed by atoms with Gasteiger partial charge in [-0.3, -0.25) is 4.79 Å². The zero-order valence-corrected chi connectivity index (χ0v) is 10.8. The van der Waals surface area contributed by atoms with Crippen LogP contribution in [0.1, 0.15) is 11.1 Å². The number of nitrogens with one attached hydrogen (secondary N) is 1. The van der Waals surface area contributed by atoms with Crippen LogP contribution in [-0.4, -0.2) is 16.1 Å². The van der Waals surface area contributed by atoms with Crippen LogP contribution in [0.4, 0.5) is 5.69 Å². The second-order valence-corrected chi connectivity index (χ2v) is 4.48. The number of nitrogens with two attached hydrogens (primary N) is 1. The molecule has 2 aromatic carbocycles. The number of anilines is 1. The molecule has 2 rings (SSSR count). The predicted molar refractivity (Wildman–Crippen MR) is 76.4 cm³/mol. The quantitative estimate of drug-likeness (QED) is 0.623. The van der Waals surface area contributed by atoms with Gasteiger partial charge in [0.15, 0.2) is 11.5 Å². The number of para-hydroxylation sites is 1. The number of phenolic OH excluding ortho intramolecular Hbond substituents is 2. The molecule has 0 radical (unpaired) electrons. The van der Waals surface area contributed by atoms with Crippen LogP contribution in [0, 0.1) is 0 Å². The third-order valence-electron chi connectivity index (χ3n) is 2.90. The Bertz CT molecular complexity index is 626. The van der Waals surface area contributed by atoms with E-state index in [1.54, 1.807) is 6.07 Å². The van der Waals surface area contributed by atoms with Crippen LogP contribution in [-0.2, 0) is 17.8 Å². The Balaban J connectivity index is 2.10. The Morgan fingerprint density at radius 3 is 2.55 bits per heavy atom. The van der Waals surface area contributed by atoms with E-state index in [9.17, 15) is 15.0 Å². The summed E-state index contributed by atoms with van der Waals surface area (Å²) in [5, 5.41) is 21.9. The summed E-state index contributed by atoms with van der Waals surface area (Å²) in [6.45, 7) is 0.462. The summed E-state index contributed by atoms with van der Waals surface area (Å²) in [7, 11) is 0. The van der Waals surface area contributed by atoms with Crippen molar-refractivity contribution in [2.45, 2.75) is 13.0 Å². The van der Waals surface area contributed by atoms with E-state index in [-0.39, 0.29) is 23.8 Å². The fraction of sp³-hybridized carbons (Fsp3) is 0.133. The fourth-order valence-electron chi connectivity index (χ4n) is 1.91. The number of primary amides is 1. The first kappa shape index (κ1) is 13.7. The molecule has 0 heterocycles. The molecule has 0 aliphatic carbocycles. The van der Waals surface area contributed by atoms with Gasteiger partial charge >= 0.3 is 0 Å². The lowest BCUT2D eigenvalue weighted by molar-refractivity contribution is -0.117.